The molecule has 0 fully saturated rings. The van der Waals surface area contributed by atoms with Crippen molar-refractivity contribution in [1.82, 2.24) is 16.0 Å². The molecule has 0 saturated heterocycles. The number of hydrogen-bond donors (Lipinski definition) is 9. The SMILES string of the molecule is NCCCCC(N)C(=O)NC(CCC(N)=O)C(=O)NC(CC(N)=O)C(=O)NC(CS)C(=O)O. The minimum atomic E-state index is -1.54. The van der Waals surface area contributed by atoms with Gasteiger partial charge in [-0.3, -0.25) is 24.0 Å². The third kappa shape index (κ3) is 12.6. The van der Waals surface area contributed by atoms with Crippen LogP contribution in [0.4, 0.5) is 0 Å². The molecule has 15 heteroatoms. The number of thiol groups is 1. The van der Waals surface area contributed by atoms with Crippen LogP contribution in [0.3, 0.4) is 0 Å². The summed E-state index contributed by atoms with van der Waals surface area (Å²) in [6, 6.07) is -5.18. The molecule has 0 aromatic rings. The highest BCUT2D eigenvalue weighted by Crippen LogP contribution is 2.04. The van der Waals surface area contributed by atoms with Crippen molar-refractivity contribution in [2.75, 3.05) is 12.3 Å². The normalized spacial score (nSPS) is 14.3. The van der Waals surface area contributed by atoms with Gasteiger partial charge >= 0.3 is 5.97 Å². The van der Waals surface area contributed by atoms with E-state index in [-0.39, 0.29) is 18.6 Å². The number of carbonyl (C=O) groups is 6. The third-order valence-electron chi connectivity index (χ3n) is 4.45. The van der Waals surface area contributed by atoms with Crippen LogP contribution in [-0.4, -0.2) is 77.1 Å². The second-order valence-electron chi connectivity index (χ2n) is 7.27. The van der Waals surface area contributed by atoms with E-state index in [0.29, 0.717) is 25.8 Å². The van der Waals surface area contributed by atoms with Gasteiger partial charge in [-0.25, -0.2) is 4.79 Å². The molecule has 4 unspecified atom stereocenters. The van der Waals surface area contributed by atoms with Crippen molar-refractivity contribution in [2.24, 2.45) is 22.9 Å². The van der Waals surface area contributed by atoms with Crippen LogP contribution in [0.1, 0.15) is 38.5 Å². The molecular weight excluding hydrogens is 458 g/mol. The number of carboxylic acid groups (broad SMARTS) is 1. The van der Waals surface area contributed by atoms with Crippen molar-refractivity contribution in [3.8, 4) is 0 Å². The number of amides is 5. The summed E-state index contributed by atoms with van der Waals surface area (Å²) in [6.07, 6.45) is 0.418. The topological polar surface area (TPSA) is 263 Å². The predicted molar refractivity (Wildman–Crippen MR) is 120 cm³/mol. The lowest BCUT2D eigenvalue weighted by molar-refractivity contribution is -0.141. The highest BCUT2D eigenvalue weighted by atomic mass is 32.1. The van der Waals surface area contributed by atoms with Crippen LogP contribution in [0.15, 0.2) is 0 Å². The van der Waals surface area contributed by atoms with E-state index in [1.165, 1.54) is 0 Å². The summed E-state index contributed by atoms with van der Waals surface area (Å²) < 4.78 is 0. The number of unbranched alkanes of at least 4 members (excludes halogenated alkanes) is 1. The fraction of sp³-hybridized carbons (Fsp3) is 0.667. The molecule has 0 aliphatic heterocycles. The van der Waals surface area contributed by atoms with Crippen LogP contribution in [0.2, 0.25) is 0 Å². The molecule has 33 heavy (non-hydrogen) atoms. The van der Waals surface area contributed by atoms with E-state index in [0.717, 1.165) is 0 Å². The molecule has 12 N–H and O–H groups in total. The van der Waals surface area contributed by atoms with Gasteiger partial charge in [0.25, 0.3) is 0 Å². The number of carboxylic acids is 1. The van der Waals surface area contributed by atoms with Crippen LogP contribution >= 0.6 is 12.6 Å². The highest BCUT2D eigenvalue weighted by molar-refractivity contribution is 7.80. The fourth-order valence-electron chi connectivity index (χ4n) is 2.61. The van der Waals surface area contributed by atoms with E-state index in [1.807, 2.05) is 0 Å². The number of carbonyl (C=O) groups excluding carboxylic acids is 5. The van der Waals surface area contributed by atoms with Gasteiger partial charge in [-0.05, 0) is 25.8 Å². The average molecular weight is 492 g/mol. The molecule has 0 rings (SSSR count). The molecule has 0 aromatic carbocycles. The Labute approximate surface area is 196 Å². The summed E-state index contributed by atoms with van der Waals surface area (Å²) in [4.78, 5) is 71.2. The number of rotatable bonds is 17. The van der Waals surface area contributed by atoms with Gasteiger partial charge in [0, 0.05) is 12.2 Å². The van der Waals surface area contributed by atoms with Crippen molar-refractivity contribution in [3.63, 3.8) is 0 Å². The standard InChI is InChI=1S/C18H33N7O7S/c19-6-2-1-3-9(20)15(28)23-10(4-5-13(21)26)16(29)24-11(7-14(22)27)17(30)25-12(8-33)18(31)32/h9-12,33H,1-8,19-20H2,(H2,21,26)(H2,22,27)(H,23,28)(H,24,29)(H,25,30)(H,31,32). The third-order valence-corrected chi connectivity index (χ3v) is 4.82. The Kier molecular flexibility index (Phi) is 14.4. The second kappa shape index (κ2) is 15.8. The van der Waals surface area contributed by atoms with E-state index < -0.39 is 66.1 Å². The van der Waals surface area contributed by atoms with Crippen molar-refractivity contribution < 1.29 is 33.9 Å². The molecule has 0 heterocycles. The molecule has 0 aliphatic carbocycles. The van der Waals surface area contributed by atoms with E-state index in [4.69, 9.17) is 28.0 Å². The molecule has 0 radical (unpaired) electrons. The molecule has 0 bridgehead atoms. The molecule has 0 spiro atoms. The molecule has 14 nitrogen and oxygen atoms in total. The summed E-state index contributed by atoms with van der Waals surface area (Å²) in [5, 5.41) is 15.8. The smallest absolute Gasteiger partial charge is 0.327 e. The van der Waals surface area contributed by atoms with E-state index in [9.17, 15) is 28.8 Å². The molecular formula is C18H33N7O7S. The maximum Gasteiger partial charge on any atom is 0.327 e. The Morgan fingerprint density at radius 2 is 1.33 bits per heavy atom. The minimum Gasteiger partial charge on any atom is -0.480 e. The first-order valence-electron chi connectivity index (χ1n) is 10.2. The van der Waals surface area contributed by atoms with Gasteiger partial charge in [-0.1, -0.05) is 6.42 Å². The van der Waals surface area contributed by atoms with Gasteiger partial charge in [-0.15, -0.1) is 0 Å². The first kappa shape index (κ1) is 30.1. The Morgan fingerprint density at radius 1 is 0.788 bits per heavy atom. The Hall–Kier alpha value is -2.91. The number of hydrogen-bond acceptors (Lipinski definition) is 9. The second-order valence-corrected chi connectivity index (χ2v) is 7.64. The van der Waals surface area contributed by atoms with Crippen LogP contribution in [0, 0.1) is 0 Å². The van der Waals surface area contributed by atoms with E-state index in [2.05, 4.69) is 28.6 Å². The zero-order chi connectivity index (χ0) is 25.6. The number of primary amides is 2. The number of nitrogens with two attached hydrogens (primary N) is 4. The lowest BCUT2D eigenvalue weighted by atomic mass is 10.1. The lowest BCUT2D eigenvalue weighted by Crippen LogP contribution is -2.58. The monoisotopic (exact) mass is 491 g/mol. The maximum absolute atomic E-state index is 12.8. The molecule has 4 atom stereocenters. The average Bonchev–Trinajstić information content (AvgIpc) is 2.73. The van der Waals surface area contributed by atoms with Crippen LogP contribution in [0.25, 0.3) is 0 Å². The van der Waals surface area contributed by atoms with Crippen molar-refractivity contribution in [1.29, 1.82) is 0 Å². The van der Waals surface area contributed by atoms with Gasteiger partial charge < -0.3 is 44.0 Å². The van der Waals surface area contributed by atoms with Crippen LogP contribution in [0.5, 0.6) is 0 Å². The van der Waals surface area contributed by atoms with Crippen molar-refractivity contribution >= 4 is 48.1 Å². The predicted octanol–water partition coefficient (Wildman–Crippen LogP) is -3.95. The van der Waals surface area contributed by atoms with Crippen LogP contribution in [-0.2, 0) is 28.8 Å². The molecule has 0 aromatic heterocycles. The summed E-state index contributed by atoms with van der Waals surface area (Å²) in [7, 11) is 0. The quantitative estimate of drug-likeness (QED) is 0.0708. The summed E-state index contributed by atoms with van der Waals surface area (Å²) in [6.45, 7) is 0.428. The fourth-order valence-corrected chi connectivity index (χ4v) is 2.86. The summed E-state index contributed by atoms with van der Waals surface area (Å²) in [5.74, 6) is -5.91. The first-order chi connectivity index (χ1) is 15.4. The van der Waals surface area contributed by atoms with Gasteiger partial charge in [0.05, 0.1) is 12.5 Å². The van der Waals surface area contributed by atoms with E-state index >= 15 is 0 Å². The molecule has 0 aliphatic rings. The lowest BCUT2D eigenvalue weighted by Gasteiger charge is -2.24. The molecule has 5 amide bonds. The summed E-state index contributed by atoms with van der Waals surface area (Å²) >= 11 is 3.82. The zero-order valence-corrected chi connectivity index (χ0v) is 19.0. The van der Waals surface area contributed by atoms with Crippen LogP contribution < -0.4 is 38.9 Å². The van der Waals surface area contributed by atoms with Crippen molar-refractivity contribution in [3.05, 3.63) is 0 Å². The number of nitrogens with one attached hydrogen (secondary N) is 3. The minimum absolute atomic E-state index is 0.207. The maximum atomic E-state index is 12.8. The van der Waals surface area contributed by atoms with Gasteiger partial charge in [-0.2, -0.15) is 12.6 Å². The highest BCUT2D eigenvalue weighted by Gasteiger charge is 2.31. The number of aliphatic carboxylic acids is 1. The van der Waals surface area contributed by atoms with Gasteiger partial charge in [0.2, 0.25) is 29.5 Å². The van der Waals surface area contributed by atoms with Gasteiger partial charge in [0.1, 0.15) is 18.1 Å². The Morgan fingerprint density at radius 3 is 1.82 bits per heavy atom. The first-order valence-corrected chi connectivity index (χ1v) is 10.8. The Bertz CT molecular complexity index is 722. The summed E-state index contributed by atoms with van der Waals surface area (Å²) in [5.41, 5.74) is 21.5. The Balaban J connectivity index is 5.42. The molecule has 0 saturated carbocycles. The van der Waals surface area contributed by atoms with Gasteiger partial charge in [0.15, 0.2) is 0 Å². The van der Waals surface area contributed by atoms with Crippen molar-refractivity contribution in [2.45, 2.75) is 62.7 Å². The van der Waals surface area contributed by atoms with E-state index in [1.54, 1.807) is 0 Å². The molecule has 188 valence electrons. The zero-order valence-electron chi connectivity index (χ0n) is 18.1. The largest absolute Gasteiger partial charge is 0.480 e.